The van der Waals surface area contributed by atoms with Crippen molar-refractivity contribution in [3.05, 3.63) is 110 Å². The maximum Gasteiger partial charge on any atom is 0.291 e. The average Bonchev–Trinajstić information content (AvgIpc) is 3.19. The minimum absolute atomic E-state index is 0.0749. The zero-order valence-corrected chi connectivity index (χ0v) is 19.2. The lowest BCUT2D eigenvalue weighted by Crippen LogP contribution is -2.17. The van der Waals surface area contributed by atoms with E-state index in [1.54, 1.807) is 44.2 Å². The fraction of sp³-hybridized carbons (Fsp3) is 0.107. The van der Waals surface area contributed by atoms with Crippen LogP contribution < -0.4 is 10.7 Å². The van der Waals surface area contributed by atoms with Crippen LogP contribution >= 0.6 is 0 Å². The maximum atomic E-state index is 14.1. The largest absolute Gasteiger partial charge is 0.450 e. The lowest BCUT2D eigenvalue weighted by Gasteiger charge is -2.08. The number of anilines is 1. The molecule has 0 saturated carbocycles. The van der Waals surface area contributed by atoms with Crippen molar-refractivity contribution >= 4 is 39.3 Å². The van der Waals surface area contributed by atoms with E-state index in [-0.39, 0.29) is 28.2 Å². The standard InChI is InChI=1S/C28H20FNO5/c1-14-10-16(3)26-19(11-14)21(31)13-23(35-26)28(33)30-24-18-6-4-5-7-22(18)34-27(24)25(32)17-9-8-15(2)20(29)12-17/h4-13H,1-3H3,(H,30,33). The van der Waals surface area contributed by atoms with Crippen LogP contribution in [0.25, 0.3) is 21.9 Å². The van der Waals surface area contributed by atoms with E-state index in [2.05, 4.69) is 5.32 Å². The molecule has 6 nitrogen and oxygen atoms in total. The van der Waals surface area contributed by atoms with Gasteiger partial charge in [0.15, 0.2) is 16.9 Å². The van der Waals surface area contributed by atoms with E-state index in [0.717, 1.165) is 23.3 Å². The lowest BCUT2D eigenvalue weighted by molar-refractivity contribution is 0.0997. The smallest absolute Gasteiger partial charge is 0.291 e. The number of carbonyl (C=O) groups excluding carboxylic acids is 2. The summed E-state index contributed by atoms with van der Waals surface area (Å²) in [6.07, 6.45) is 0. The molecule has 2 aromatic heterocycles. The molecule has 0 atom stereocenters. The van der Waals surface area contributed by atoms with Crippen LogP contribution in [0, 0.1) is 26.6 Å². The van der Waals surface area contributed by atoms with Gasteiger partial charge in [-0.15, -0.1) is 0 Å². The van der Waals surface area contributed by atoms with Gasteiger partial charge in [-0.3, -0.25) is 14.4 Å². The summed E-state index contributed by atoms with van der Waals surface area (Å²) in [5.41, 5.74) is 2.54. The second kappa shape index (κ2) is 8.36. The van der Waals surface area contributed by atoms with E-state index in [1.807, 2.05) is 13.0 Å². The molecule has 0 aliphatic rings. The van der Waals surface area contributed by atoms with E-state index in [4.69, 9.17) is 8.83 Å². The second-order valence-electron chi connectivity index (χ2n) is 8.48. The number of carbonyl (C=O) groups is 2. The molecular weight excluding hydrogens is 449 g/mol. The number of hydrogen-bond donors (Lipinski definition) is 1. The quantitative estimate of drug-likeness (QED) is 0.322. The first kappa shape index (κ1) is 22.3. The van der Waals surface area contributed by atoms with Gasteiger partial charge < -0.3 is 14.2 Å². The number of hydrogen-bond acceptors (Lipinski definition) is 5. The van der Waals surface area contributed by atoms with Gasteiger partial charge in [0.1, 0.15) is 17.0 Å². The number of amides is 1. The summed E-state index contributed by atoms with van der Waals surface area (Å²) in [5, 5.41) is 3.53. The number of nitrogens with one attached hydrogen (secondary N) is 1. The number of ketones is 1. The number of rotatable bonds is 4. The highest BCUT2D eigenvalue weighted by Crippen LogP contribution is 2.33. The Morgan fingerprint density at radius 2 is 1.63 bits per heavy atom. The van der Waals surface area contributed by atoms with E-state index in [1.165, 1.54) is 12.1 Å². The summed E-state index contributed by atoms with van der Waals surface area (Å²) in [5.74, 6) is -2.21. The monoisotopic (exact) mass is 469 g/mol. The molecule has 0 unspecified atom stereocenters. The third-order valence-electron chi connectivity index (χ3n) is 5.86. The third-order valence-corrected chi connectivity index (χ3v) is 5.86. The predicted octanol–water partition coefficient (Wildman–Crippen LogP) is 6.09. The van der Waals surface area contributed by atoms with Crippen molar-refractivity contribution in [2.24, 2.45) is 0 Å². The molecule has 5 aromatic rings. The molecule has 0 fully saturated rings. The van der Waals surface area contributed by atoms with Crippen LogP contribution in [0.15, 0.2) is 74.3 Å². The van der Waals surface area contributed by atoms with Crippen molar-refractivity contribution in [2.75, 3.05) is 5.32 Å². The number of fused-ring (bicyclic) bond motifs is 2. The van der Waals surface area contributed by atoms with E-state index < -0.39 is 17.5 Å². The van der Waals surface area contributed by atoms with Gasteiger partial charge in [-0.05, 0) is 61.7 Å². The molecule has 0 saturated heterocycles. The van der Waals surface area contributed by atoms with Gasteiger partial charge in [-0.25, -0.2) is 4.39 Å². The van der Waals surface area contributed by atoms with Gasteiger partial charge in [0.05, 0.1) is 11.1 Å². The Morgan fingerprint density at radius 3 is 2.40 bits per heavy atom. The predicted molar refractivity (Wildman–Crippen MR) is 131 cm³/mol. The Morgan fingerprint density at radius 1 is 0.857 bits per heavy atom. The van der Waals surface area contributed by atoms with Gasteiger partial charge in [-0.2, -0.15) is 0 Å². The van der Waals surface area contributed by atoms with Crippen molar-refractivity contribution in [1.29, 1.82) is 0 Å². The highest BCUT2D eigenvalue weighted by molar-refractivity contribution is 6.18. The molecule has 7 heteroatoms. The summed E-state index contributed by atoms with van der Waals surface area (Å²) in [4.78, 5) is 39.1. The number of halogens is 1. The molecule has 5 rings (SSSR count). The number of aryl methyl sites for hydroxylation is 3. The summed E-state index contributed by atoms with van der Waals surface area (Å²) in [6.45, 7) is 5.26. The van der Waals surface area contributed by atoms with Crippen molar-refractivity contribution < 1.29 is 22.8 Å². The molecule has 0 aliphatic carbocycles. The first-order valence-corrected chi connectivity index (χ1v) is 10.9. The average molecular weight is 469 g/mol. The molecule has 0 bridgehead atoms. The van der Waals surface area contributed by atoms with Gasteiger partial charge in [-0.1, -0.05) is 30.3 Å². The fourth-order valence-corrected chi connectivity index (χ4v) is 4.09. The molecule has 3 aromatic carbocycles. The van der Waals surface area contributed by atoms with Crippen LogP contribution in [0.1, 0.15) is 43.4 Å². The van der Waals surface area contributed by atoms with Crippen LogP contribution in [0.2, 0.25) is 0 Å². The Hall–Kier alpha value is -4.52. The first-order valence-electron chi connectivity index (χ1n) is 10.9. The highest BCUT2D eigenvalue weighted by atomic mass is 19.1. The number of para-hydroxylation sites is 1. The molecule has 0 radical (unpaired) electrons. The number of benzene rings is 3. The minimum Gasteiger partial charge on any atom is -0.450 e. The van der Waals surface area contributed by atoms with Crippen LogP contribution in [-0.2, 0) is 0 Å². The van der Waals surface area contributed by atoms with E-state index >= 15 is 0 Å². The van der Waals surface area contributed by atoms with Crippen LogP contribution in [0.5, 0.6) is 0 Å². The van der Waals surface area contributed by atoms with Crippen molar-refractivity contribution in [3.63, 3.8) is 0 Å². The summed E-state index contributed by atoms with van der Waals surface area (Å²) < 4.78 is 25.7. The topological polar surface area (TPSA) is 89.5 Å². The van der Waals surface area contributed by atoms with Crippen molar-refractivity contribution in [2.45, 2.75) is 20.8 Å². The molecular formula is C28H20FNO5. The molecule has 0 spiro atoms. The Balaban J connectivity index is 1.60. The lowest BCUT2D eigenvalue weighted by atomic mass is 10.0. The van der Waals surface area contributed by atoms with Crippen LogP contribution in [-0.4, -0.2) is 11.7 Å². The second-order valence-corrected chi connectivity index (χ2v) is 8.48. The van der Waals surface area contributed by atoms with E-state index in [0.29, 0.717) is 27.5 Å². The molecule has 35 heavy (non-hydrogen) atoms. The van der Waals surface area contributed by atoms with Gasteiger partial charge >= 0.3 is 0 Å². The van der Waals surface area contributed by atoms with Gasteiger partial charge in [0, 0.05) is 17.0 Å². The molecule has 174 valence electrons. The highest BCUT2D eigenvalue weighted by Gasteiger charge is 2.25. The summed E-state index contributed by atoms with van der Waals surface area (Å²) >= 11 is 0. The summed E-state index contributed by atoms with van der Waals surface area (Å²) in [6, 6.07) is 15.6. The zero-order valence-electron chi connectivity index (χ0n) is 19.2. The minimum atomic E-state index is -0.723. The fourth-order valence-electron chi connectivity index (χ4n) is 4.09. The van der Waals surface area contributed by atoms with Crippen molar-refractivity contribution in [1.82, 2.24) is 0 Å². The number of furan rings is 1. The Labute approximate surface area is 199 Å². The third kappa shape index (κ3) is 3.91. The van der Waals surface area contributed by atoms with Crippen LogP contribution in [0.4, 0.5) is 10.1 Å². The molecule has 0 aliphatic heterocycles. The maximum absolute atomic E-state index is 14.1. The van der Waals surface area contributed by atoms with Gasteiger partial charge in [0.25, 0.3) is 5.91 Å². The zero-order chi connectivity index (χ0) is 24.9. The Bertz CT molecular complexity index is 1730. The molecule has 1 amide bonds. The van der Waals surface area contributed by atoms with Crippen LogP contribution in [0.3, 0.4) is 0 Å². The van der Waals surface area contributed by atoms with Crippen molar-refractivity contribution in [3.8, 4) is 0 Å². The van der Waals surface area contributed by atoms with E-state index in [9.17, 15) is 18.8 Å². The summed E-state index contributed by atoms with van der Waals surface area (Å²) in [7, 11) is 0. The molecule has 1 N–H and O–H groups in total. The molecule has 2 heterocycles. The Kier molecular flexibility index (Phi) is 5.32. The van der Waals surface area contributed by atoms with Gasteiger partial charge in [0.2, 0.25) is 5.78 Å². The normalized spacial score (nSPS) is 11.2. The first-order chi connectivity index (χ1) is 16.7. The SMILES string of the molecule is Cc1cc(C)c2oc(C(=O)Nc3c(C(=O)c4ccc(C)c(F)c4)oc4ccccc34)cc(=O)c2c1.